The first kappa shape index (κ1) is 6.01. The average molecular weight is 117 g/mol. The van der Waals surface area contributed by atoms with Crippen molar-refractivity contribution in [2.75, 3.05) is 13.3 Å². The van der Waals surface area contributed by atoms with E-state index in [1.165, 1.54) is 0 Å². The zero-order valence-electron chi connectivity index (χ0n) is 4.76. The van der Waals surface area contributed by atoms with E-state index >= 15 is 0 Å². The second kappa shape index (κ2) is 3.02. The van der Waals surface area contributed by atoms with Crippen LogP contribution in [0.3, 0.4) is 0 Å². The first-order chi connectivity index (χ1) is 3.93. The highest BCUT2D eigenvalue weighted by atomic mass is 16.6. The standard InChI is InChI=1S/C5H11NO2/c7-4-8-5-2-1-3-6-5/h5-7H,1-4H2/t5-/m1/s1. The van der Waals surface area contributed by atoms with Gasteiger partial charge in [-0.3, -0.25) is 5.32 Å². The highest BCUT2D eigenvalue weighted by Crippen LogP contribution is 2.04. The van der Waals surface area contributed by atoms with Gasteiger partial charge in [-0.25, -0.2) is 0 Å². The smallest absolute Gasteiger partial charge is 0.145 e. The van der Waals surface area contributed by atoms with E-state index in [0.717, 1.165) is 19.4 Å². The van der Waals surface area contributed by atoms with Crippen molar-refractivity contribution < 1.29 is 9.84 Å². The Morgan fingerprint density at radius 2 is 2.62 bits per heavy atom. The predicted molar refractivity (Wildman–Crippen MR) is 29.2 cm³/mol. The summed E-state index contributed by atoms with van der Waals surface area (Å²) in [6.07, 6.45) is 2.30. The third kappa shape index (κ3) is 1.43. The van der Waals surface area contributed by atoms with E-state index in [1.54, 1.807) is 0 Å². The Morgan fingerprint density at radius 3 is 3.12 bits per heavy atom. The van der Waals surface area contributed by atoms with E-state index in [2.05, 4.69) is 5.32 Å². The van der Waals surface area contributed by atoms with Gasteiger partial charge in [-0.05, 0) is 19.4 Å². The summed E-state index contributed by atoms with van der Waals surface area (Å²) in [7, 11) is 0. The Kier molecular flexibility index (Phi) is 2.27. The second-order valence-electron chi connectivity index (χ2n) is 1.88. The molecule has 8 heavy (non-hydrogen) atoms. The van der Waals surface area contributed by atoms with Crippen LogP contribution in [0.25, 0.3) is 0 Å². The first-order valence-corrected chi connectivity index (χ1v) is 2.89. The molecule has 1 rings (SSSR count). The van der Waals surface area contributed by atoms with Crippen molar-refractivity contribution in [2.24, 2.45) is 0 Å². The molecule has 0 aliphatic carbocycles. The van der Waals surface area contributed by atoms with Crippen LogP contribution in [0, 0.1) is 0 Å². The van der Waals surface area contributed by atoms with Crippen molar-refractivity contribution in [1.82, 2.24) is 5.32 Å². The SMILES string of the molecule is OCO[C@@H]1CCCN1. The van der Waals surface area contributed by atoms with Crippen molar-refractivity contribution in [3.63, 3.8) is 0 Å². The third-order valence-electron chi connectivity index (χ3n) is 1.29. The van der Waals surface area contributed by atoms with Crippen molar-refractivity contribution in [1.29, 1.82) is 0 Å². The number of hydrogen-bond donors (Lipinski definition) is 2. The molecule has 0 aromatic heterocycles. The molecule has 0 amide bonds. The number of ether oxygens (including phenoxy) is 1. The molecule has 1 heterocycles. The molecule has 0 saturated carbocycles. The Balaban J connectivity index is 2.06. The summed E-state index contributed by atoms with van der Waals surface area (Å²) in [5.74, 6) is 0. The fraction of sp³-hybridized carbons (Fsp3) is 1.00. The first-order valence-electron chi connectivity index (χ1n) is 2.89. The van der Waals surface area contributed by atoms with Gasteiger partial charge in [0, 0.05) is 0 Å². The van der Waals surface area contributed by atoms with Crippen LogP contribution in [0.15, 0.2) is 0 Å². The van der Waals surface area contributed by atoms with Crippen LogP contribution in [0.4, 0.5) is 0 Å². The maximum absolute atomic E-state index is 8.26. The number of rotatable bonds is 2. The van der Waals surface area contributed by atoms with Crippen molar-refractivity contribution in [3.05, 3.63) is 0 Å². The lowest BCUT2D eigenvalue weighted by molar-refractivity contribution is -0.0553. The summed E-state index contributed by atoms with van der Waals surface area (Å²) >= 11 is 0. The van der Waals surface area contributed by atoms with Gasteiger partial charge in [0.25, 0.3) is 0 Å². The maximum Gasteiger partial charge on any atom is 0.145 e. The van der Waals surface area contributed by atoms with E-state index in [9.17, 15) is 0 Å². The molecular weight excluding hydrogens is 106 g/mol. The van der Waals surface area contributed by atoms with Gasteiger partial charge in [0.1, 0.15) is 13.0 Å². The molecule has 1 aliphatic rings. The summed E-state index contributed by atoms with van der Waals surface area (Å²) < 4.78 is 4.85. The van der Waals surface area contributed by atoms with Crippen LogP contribution >= 0.6 is 0 Å². The van der Waals surface area contributed by atoms with Gasteiger partial charge < -0.3 is 9.84 Å². The Labute approximate surface area is 48.7 Å². The molecule has 0 spiro atoms. The molecule has 0 radical (unpaired) electrons. The minimum atomic E-state index is -0.169. The van der Waals surface area contributed by atoms with Crippen LogP contribution in [0.1, 0.15) is 12.8 Å². The van der Waals surface area contributed by atoms with Crippen LogP contribution in [-0.2, 0) is 4.74 Å². The van der Waals surface area contributed by atoms with Gasteiger partial charge in [0.15, 0.2) is 0 Å². The van der Waals surface area contributed by atoms with E-state index in [0.29, 0.717) is 0 Å². The molecule has 48 valence electrons. The summed E-state index contributed by atoms with van der Waals surface area (Å²) in [6, 6.07) is 0. The lowest BCUT2D eigenvalue weighted by atomic mass is 10.4. The lowest BCUT2D eigenvalue weighted by Gasteiger charge is -2.06. The molecule has 0 aromatic carbocycles. The molecule has 0 aromatic rings. The Bertz CT molecular complexity index is 61.4. The summed E-state index contributed by atoms with van der Waals surface area (Å²) in [4.78, 5) is 0. The topological polar surface area (TPSA) is 41.5 Å². The monoisotopic (exact) mass is 117 g/mol. The third-order valence-corrected chi connectivity index (χ3v) is 1.29. The molecular formula is C5H11NO2. The van der Waals surface area contributed by atoms with Gasteiger partial charge in [-0.15, -0.1) is 0 Å². The van der Waals surface area contributed by atoms with Crippen molar-refractivity contribution >= 4 is 0 Å². The lowest BCUT2D eigenvalue weighted by Crippen LogP contribution is -2.24. The highest BCUT2D eigenvalue weighted by Gasteiger charge is 2.12. The van der Waals surface area contributed by atoms with Gasteiger partial charge in [0.05, 0.1) is 0 Å². The van der Waals surface area contributed by atoms with Crippen LogP contribution in [0.5, 0.6) is 0 Å². The zero-order chi connectivity index (χ0) is 5.82. The highest BCUT2D eigenvalue weighted by molar-refractivity contribution is 4.63. The number of aliphatic hydroxyl groups excluding tert-OH is 1. The largest absolute Gasteiger partial charge is 0.371 e. The minimum Gasteiger partial charge on any atom is -0.371 e. The van der Waals surface area contributed by atoms with E-state index in [-0.39, 0.29) is 13.0 Å². The van der Waals surface area contributed by atoms with E-state index in [1.807, 2.05) is 0 Å². The van der Waals surface area contributed by atoms with E-state index in [4.69, 9.17) is 9.84 Å². The van der Waals surface area contributed by atoms with Crippen LogP contribution < -0.4 is 5.32 Å². The average Bonchev–Trinajstić information content (AvgIpc) is 2.19. The number of hydrogen-bond acceptors (Lipinski definition) is 3. The van der Waals surface area contributed by atoms with Gasteiger partial charge in [-0.1, -0.05) is 0 Å². The Hall–Kier alpha value is -0.120. The second-order valence-corrected chi connectivity index (χ2v) is 1.88. The molecule has 2 N–H and O–H groups in total. The molecule has 0 bridgehead atoms. The molecule has 1 fully saturated rings. The molecule has 3 heteroatoms. The maximum atomic E-state index is 8.26. The number of aliphatic hydroxyl groups is 1. The quantitative estimate of drug-likeness (QED) is 0.486. The molecule has 3 nitrogen and oxygen atoms in total. The van der Waals surface area contributed by atoms with Crippen LogP contribution in [0.2, 0.25) is 0 Å². The summed E-state index contributed by atoms with van der Waals surface area (Å²) in [6.45, 7) is 0.850. The van der Waals surface area contributed by atoms with Gasteiger partial charge in [0.2, 0.25) is 0 Å². The fourth-order valence-electron chi connectivity index (χ4n) is 0.885. The van der Waals surface area contributed by atoms with E-state index < -0.39 is 0 Å². The molecule has 0 unspecified atom stereocenters. The number of nitrogens with one attached hydrogen (secondary N) is 1. The van der Waals surface area contributed by atoms with Gasteiger partial charge in [-0.2, -0.15) is 0 Å². The normalized spacial score (nSPS) is 28.9. The fourth-order valence-corrected chi connectivity index (χ4v) is 0.885. The molecule has 1 saturated heterocycles. The van der Waals surface area contributed by atoms with Crippen molar-refractivity contribution in [3.8, 4) is 0 Å². The molecule has 1 atom stereocenters. The van der Waals surface area contributed by atoms with Crippen LogP contribution in [-0.4, -0.2) is 24.7 Å². The molecule has 1 aliphatic heterocycles. The predicted octanol–water partition coefficient (Wildman–Crippen LogP) is -0.338. The zero-order valence-corrected chi connectivity index (χ0v) is 4.76. The minimum absolute atomic E-state index is 0.111. The Morgan fingerprint density at radius 1 is 1.75 bits per heavy atom. The van der Waals surface area contributed by atoms with Crippen molar-refractivity contribution in [2.45, 2.75) is 19.1 Å². The van der Waals surface area contributed by atoms with Gasteiger partial charge >= 0.3 is 0 Å². The summed E-state index contributed by atoms with van der Waals surface area (Å²) in [5.41, 5.74) is 0. The summed E-state index contributed by atoms with van der Waals surface area (Å²) in [5, 5.41) is 11.3.